The topological polar surface area (TPSA) is 56.7 Å². The SMILES string of the molecule is CN=C(NCCC(=O)NC1CCCCC1)N1CCC(c2ccccc2)C1. The first-order valence-electron chi connectivity index (χ1n) is 10.1. The van der Waals surface area contributed by atoms with E-state index < -0.39 is 0 Å². The Hall–Kier alpha value is -2.04. The number of carbonyl (C=O) groups is 1. The summed E-state index contributed by atoms with van der Waals surface area (Å²) in [5.41, 5.74) is 1.40. The Kier molecular flexibility index (Phi) is 6.92. The van der Waals surface area contributed by atoms with Gasteiger partial charge in [-0.1, -0.05) is 49.6 Å². The first kappa shape index (κ1) is 18.7. The van der Waals surface area contributed by atoms with Crippen LogP contribution in [-0.4, -0.2) is 49.5 Å². The number of nitrogens with one attached hydrogen (secondary N) is 2. The molecule has 3 rings (SSSR count). The first-order valence-corrected chi connectivity index (χ1v) is 10.1. The van der Waals surface area contributed by atoms with Crippen molar-refractivity contribution in [3.8, 4) is 0 Å². The standard InChI is InChI=1S/C21H32N4O/c1-22-21(23-14-12-20(26)24-19-10-6-3-7-11-19)25-15-13-18(16-25)17-8-4-2-5-9-17/h2,4-5,8-9,18-19H,3,6-7,10-16H2,1H3,(H,22,23)(H,24,26). The van der Waals surface area contributed by atoms with E-state index in [1.54, 1.807) is 0 Å². The molecule has 1 saturated heterocycles. The van der Waals surface area contributed by atoms with Crippen LogP contribution in [0.3, 0.4) is 0 Å². The van der Waals surface area contributed by atoms with Crippen LogP contribution in [0.15, 0.2) is 35.3 Å². The van der Waals surface area contributed by atoms with Crippen LogP contribution in [0.25, 0.3) is 0 Å². The van der Waals surface area contributed by atoms with Gasteiger partial charge in [-0.3, -0.25) is 9.79 Å². The number of carbonyl (C=O) groups excluding carboxylic acids is 1. The second-order valence-corrected chi connectivity index (χ2v) is 7.47. The van der Waals surface area contributed by atoms with Gasteiger partial charge in [0.15, 0.2) is 5.96 Å². The number of rotatable bonds is 5. The highest BCUT2D eigenvalue weighted by atomic mass is 16.1. The summed E-state index contributed by atoms with van der Waals surface area (Å²) in [4.78, 5) is 18.8. The highest BCUT2D eigenvalue weighted by Gasteiger charge is 2.25. The fraction of sp³-hybridized carbons (Fsp3) is 0.619. The zero-order chi connectivity index (χ0) is 18.2. The fourth-order valence-corrected chi connectivity index (χ4v) is 4.12. The number of nitrogens with zero attached hydrogens (tertiary/aromatic N) is 2. The van der Waals surface area contributed by atoms with Gasteiger partial charge >= 0.3 is 0 Å². The van der Waals surface area contributed by atoms with Crippen molar-refractivity contribution in [1.82, 2.24) is 15.5 Å². The first-order chi connectivity index (χ1) is 12.8. The molecule has 1 unspecified atom stereocenters. The predicted octanol–water partition coefficient (Wildman–Crippen LogP) is 2.89. The Bertz CT molecular complexity index is 595. The second kappa shape index (κ2) is 9.60. The third-order valence-corrected chi connectivity index (χ3v) is 5.58. The van der Waals surface area contributed by atoms with Crippen LogP contribution in [0.1, 0.15) is 56.4 Å². The Morgan fingerprint density at radius 3 is 2.65 bits per heavy atom. The van der Waals surface area contributed by atoms with Gasteiger partial charge in [-0.15, -0.1) is 0 Å². The van der Waals surface area contributed by atoms with E-state index in [0.717, 1.165) is 38.3 Å². The van der Waals surface area contributed by atoms with E-state index in [1.807, 2.05) is 7.05 Å². The third-order valence-electron chi connectivity index (χ3n) is 5.58. The molecule has 142 valence electrons. The van der Waals surface area contributed by atoms with Crippen LogP contribution < -0.4 is 10.6 Å². The van der Waals surface area contributed by atoms with E-state index in [1.165, 1.54) is 24.8 Å². The van der Waals surface area contributed by atoms with E-state index in [0.29, 0.717) is 24.9 Å². The van der Waals surface area contributed by atoms with Gasteiger partial charge in [0.1, 0.15) is 0 Å². The van der Waals surface area contributed by atoms with Crippen LogP contribution in [0.4, 0.5) is 0 Å². The van der Waals surface area contributed by atoms with Crippen LogP contribution in [0, 0.1) is 0 Å². The summed E-state index contributed by atoms with van der Waals surface area (Å²) in [6.07, 6.45) is 7.72. The van der Waals surface area contributed by atoms with Crippen molar-refractivity contribution >= 4 is 11.9 Å². The lowest BCUT2D eigenvalue weighted by Crippen LogP contribution is -2.42. The maximum Gasteiger partial charge on any atom is 0.221 e. The highest BCUT2D eigenvalue weighted by Crippen LogP contribution is 2.26. The summed E-state index contributed by atoms with van der Waals surface area (Å²) in [6.45, 7) is 2.63. The number of aliphatic imine (C=N–C) groups is 1. The van der Waals surface area contributed by atoms with Crippen molar-refractivity contribution in [3.05, 3.63) is 35.9 Å². The van der Waals surface area contributed by atoms with Crippen LogP contribution >= 0.6 is 0 Å². The van der Waals surface area contributed by atoms with Crippen molar-refractivity contribution in [3.63, 3.8) is 0 Å². The molecule has 2 fully saturated rings. The van der Waals surface area contributed by atoms with E-state index in [4.69, 9.17) is 0 Å². The summed E-state index contributed by atoms with van der Waals surface area (Å²) in [6, 6.07) is 11.1. The molecule has 0 radical (unpaired) electrons. The van der Waals surface area contributed by atoms with E-state index in [9.17, 15) is 4.79 Å². The molecular weight excluding hydrogens is 324 g/mol. The molecule has 26 heavy (non-hydrogen) atoms. The number of amides is 1. The lowest BCUT2D eigenvalue weighted by molar-refractivity contribution is -0.121. The Labute approximate surface area is 157 Å². The molecule has 0 bridgehead atoms. The largest absolute Gasteiger partial charge is 0.356 e. The molecule has 1 aliphatic carbocycles. The number of hydrogen-bond acceptors (Lipinski definition) is 2. The number of guanidine groups is 1. The molecule has 0 spiro atoms. The summed E-state index contributed by atoms with van der Waals surface area (Å²) in [5, 5.41) is 6.54. The van der Waals surface area contributed by atoms with Gasteiger partial charge in [-0.25, -0.2) is 0 Å². The van der Waals surface area contributed by atoms with Crippen molar-refractivity contribution in [2.75, 3.05) is 26.7 Å². The minimum Gasteiger partial charge on any atom is -0.356 e. The minimum atomic E-state index is 0.156. The molecule has 1 heterocycles. The van der Waals surface area contributed by atoms with Gasteiger partial charge in [-0.2, -0.15) is 0 Å². The lowest BCUT2D eigenvalue weighted by atomic mass is 9.95. The monoisotopic (exact) mass is 356 g/mol. The van der Waals surface area contributed by atoms with Crippen LogP contribution in [0.2, 0.25) is 0 Å². The maximum absolute atomic E-state index is 12.1. The highest BCUT2D eigenvalue weighted by molar-refractivity contribution is 5.81. The average molecular weight is 357 g/mol. The normalized spacial score (nSPS) is 21.7. The molecule has 1 atom stereocenters. The van der Waals surface area contributed by atoms with Crippen molar-refractivity contribution in [2.24, 2.45) is 4.99 Å². The molecule has 1 saturated carbocycles. The minimum absolute atomic E-state index is 0.156. The molecule has 1 aromatic rings. The Morgan fingerprint density at radius 2 is 1.92 bits per heavy atom. The number of benzene rings is 1. The van der Waals surface area contributed by atoms with Gasteiger partial charge in [0, 0.05) is 45.1 Å². The van der Waals surface area contributed by atoms with Gasteiger partial charge in [0.2, 0.25) is 5.91 Å². The van der Waals surface area contributed by atoms with Crippen molar-refractivity contribution < 1.29 is 4.79 Å². The Morgan fingerprint density at radius 1 is 1.15 bits per heavy atom. The smallest absolute Gasteiger partial charge is 0.221 e. The molecule has 1 aliphatic heterocycles. The summed E-state index contributed by atoms with van der Waals surface area (Å²) >= 11 is 0. The van der Waals surface area contributed by atoms with Gasteiger partial charge < -0.3 is 15.5 Å². The van der Waals surface area contributed by atoms with Crippen molar-refractivity contribution in [1.29, 1.82) is 0 Å². The van der Waals surface area contributed by atoms with Gasteiger partial charge in [-0.05, 0) is 24.8 Å². The summed E-state index contributed by atoms with van der Waals surface area (Å²) in [5.74, 6) is 1.63. The van der Waals surface area contributed by atoms with Crippen LogP contribution in [-0.2, 0) is 4.79 Å². The Balaban J connectivity index is 1.40. The van der Waals surface area contributed by atoms with Crippen LogP contribution in [0.5, 0.6) is 0 Å². The van der Waals surface area contributed by atoms with Crippen molar-refractivity contribution in [2.45, 2.75) is 56.9 Å². The molecule has 2 aliphatic rings. The molecular formula is C21H32N4O. The quantitative estimate of drug-likeness (QED) is 0.630. The number of hydrogen-bond donors (Lipinski definition) is 2. The number of likely N-dealkylation sites (tertiary alicyclic amines) is 1. The summed E-state index contributed by atoms with van der Waals surface area (Å²) < 4.78 is 0. The zero-order valence-corrected chi connectivity index (χ0v) is 15.9. The molecule has 2 N–H and O–H groups in total. The van der Waals surface area contributed by atoms with E-state index in [-0.39, 0.29) is 5.91 Å². The molecule has 1 amide bonds. The maximum atomic E-state index is 12.1. The molecule has 5 nitrogen and oxygen atoms in total. The molecule has 5 heteroatoms. The van der Waals surface area contributed by atoms with E-state index >= 15 is 0 Å². The fourth-order valence-electron chi connectivity index (χ4n) is 4.12. The van der Waals surface area contributed by atoms with E-state index in [2.05, 4.69) is 50.9 Å². The second-order valence-electron chi connectivity index (χ2n) is 7.47. The lowest BCUT2D eigenvalue weighted by Gasteiger charge is -2.24. The van der Waals surface area contributed by atoms with Gasteiger partial charge in [0.25, 0.3) is 0 Å². The van der Waals surface area contributed by atoms with Gasteiger partial charge in [0.05, 0.1) is 0 Å². The summed E-state index contributed by atoms with van der Waals surface area (Å²) in [7, 11) is 1.82. The molecule has 1 aromatic carbocycles. The zero-order valence-electron chi connectivity index (χ0n) is 15.9. The average Bonchev–Trinajstić information content (AvgIpc) is 3.17. The molecule has 0 aromatic heterocycles. The third kappa shape index (κ3) is 5.23. The predicted molar refractivity (Wildman–Crippen MR) is 106 cm³/mol.